The van der Waals surface area contributed by atoms with Crippen molar-refractivity contribution in [3.63, 3.8) is 0 Å². The number of rotatable bonds is 5. The molecule has 19 heavy (non-hydrogen) atoms. The van der Waals surface area contributed by atoms with E-state index in [1.807, 2.05) is 24.4 Å². The number of hydrogen-bond acceptors (Lipinski definition) is 4. The number of hydrogen-bond donors (Lipinski definition) is 2. The molecule has 1 aliphatic heterocycles. The molecule has 1 fully saturated rings. The number of likely N-dealkylation sites (tertiary alicyclic amines) is 1. The third-order valence-electron chi connectivity index (χ3n) is 3.72. The van der Waals surface area contributed by atoms with Crippen molar-refractivity contribution in [1.29, 1.82) is 0 Å². The van der Waals surface area contributed by atoms with Gasteiger partial charge in [0.25, 0.3) is 0 Å². The van der Waals surface area contributed by atoms with Gasteiger partial charge in [-0.05, 0) is 50.2 Å². The van der Waals surface area contributed by atoms with Crippen molar-refractivity contribution in [3.8, 4) is 0 Å². The maximum Gasteiger partial charge on any atom is 0.234 e. The van der Waals surface area contributed by atoms with Crippen molar-refractivity contribution in [2.24, 2.45) is 5.92 Å². The van der Waals surface area contributed by atoms with E-state index in [2.05, 4.69) is 10.2 Å². The van der Waals surface area contributed by atoms with Crippen LogP contribution in [0.2, 0.25) is 0 Å². The predicted octanol–water partition coefficient (Wildman–Crippen LogP) is 1.46. The number of nitrogens with zero attached hydrogens (tertiary/aromatic N) is 1. The molecule has 0 aromatic carbocycles. The van der Waals surface area contributed by atoms with Gasteiger partial charge >= 0.3 is 0 Å². The molecule has 2 heterocycles. The van der Waals surface area contributed by atoms with Crippen LogP contribution < -0.4 is 5.32 Å². The average Bonchev–Trinajstić information content (AvgIpc) is 2.90. The van der Waals surface area contributed by atoms with Crippen molar-refractivity contribution < 1.29 is 9.90 Å². The maximum atomic E-state index is 11.8. The first-order valence-electron chi connectivity index (χ1n) is 6.84. The van der Waals surface area contributed by atoms with Crippen LogP contribution in [0.15, 0.2) is 17.5 Å². The van der Waals surface area contributed by atoms with Gasteiger partial charge in [-0.2, -0.15) is 0 Å². The van der Waals surface area contributed by atoms with Gasteiger partial charge in [-0.1, -0.05) is 6.07 Å². The molecule has 0 spiro atoms. The molecule has 1 aromatic rings. The third kappa shape index (κ3) is 4.60. The van der Waals surface area contributed by atoms with Gasteiger partial charge in [0, 0.05) is 4.88 Å². The van der Waals surface area contributed by atoms with Crippen LogP contribution in [0.4, 0.5) is 0 Å². The lowest BCUT2D eigenvalue weighted by Gasteiger charge is -2.32. The Bertz CT molecular complexity index is 384. The summed E-state index contributed by atoms with van der Waals surface area (Å²) in [5.41, 5.74) is 0. The van der Waals surface area contributed by atoms with E-state index in [0.717, 1.165) is 25.9 Å². The van der Waals surface area contributed by atoms with Crippen LogP contribution in [-0.4, -0.2) is 41.7 Å². The van der Waals surface area contributed by atoms with E-state index < -0.39 is 0 Å². The van der Waals surface area contributed by atoms with Crippen molar-refractivity contribution in [1.82, 2.24) is 10.2 Å². The summed E-state index contributed by atoms with van der Waals surface area (Å²) in [4.78, 5) is 15.2. The highest BCUT2D eigenvalue weighted by Crippen LogP contribution is 2.20. The highest BCUT2D eigenvalue weighted by Gasteiger charge is 2.23. The molecule has 1 unspecified atom stereocenters. The van der Waals surface area contributed by atoms with E-state index >= 15 is 0 Å². The molecular weight excluding hydrogens is 260 g/mol. The monoisotopic (exact) mass is 282 g/mol. The fourth-order valence-corrected chi connectivity index (χ4v) is 3.10. The lowest BCUT2D eigenvalue weighted by molar-refractivity contribution is -0.122. The summed E-state index contributed by atoms with van der Waals surface area (Å²) in [5, 5.41) is 14.5. The topological polar surface area (TPSA) is 52.6 Å². The molecule has 0 saturated carbocycles. The molecule has 2 N–H and O–H groups in total. The van der Waals surface area contributed by atoms with Gasteiger partial charge in [0.05, 0.1) is 19.2 Å². The average molecular weight is 282 g/mol. The molecule has 1 aliphatic rings. The molecule has 1 aromatic heterocycles. The largest absolute Gasteiger partial charge is 0.393 e. The summed E-state index contributed by atoms with van der Waals surface area (Å²) in [6.07, 6.45) is 1.74. The van der Waals surface area contributed by atoms with Crippen molar-refractivity contribution in [2.75, 3.05) is 19.6 Å². The first-order chi connectivity index (χ1) is 9.15. The molecule has 0 bridgehead atoms. The molecule has 4 nitrogen and oxygen atoms in total. The van der Waals surface area contributed by atoms with E-state index in [1.54, 1.807) is 11.3 Å². The summed E-state index contributed by atoms with van der Waals surface area (Å²) in [5.74, 6) is 0.481. The van der Waals surface area contributed by atoms with Gasteiger partial charge in [0.1, 0.15) is 0 Å². The smallest absolute Gasteiger partial charge is 0.234 e. The van der Waals surface area contributed by atoms with E-state index in [-0.39, 0.29) is 12.0 Å². The Morgan fingerprint density at radius 2 is 2.32 bits per heavy atom. The Labute approximate surface area is 118 Å². The summed E-state index contributed by atoms with van der Waals surface area (Å²) in [6.45, 7) is 4.76. The standard InChI is InChI=1S/C14H22N2O2S/c1-11(17)12-4-6-16(7-5-12)10-14(18)15-9-13-3-2-8-19-13/h2-3,8,11-12,17H,4-7,9-10H2,1H3,(H,15,18). The SMILES string of the molecule is CC(O)C1CCN(CC(=O)NCc2cccs2)CC1. The highest BCUT2D eigenvalue weighted by atomic mass is 32.1. The number of amides is 1. The van der Waals surface area contributed by atoms with Gasteiger partial charge in [0.2, 0.25) is 5.91 Å². The second kappa shape index (κ2) is 7.03. The maximum absolute atomic E-state index is 11.8. The fraction of sp³-hybridized carbons (Fsp3) is 0.643. The third-order valence-corrected chi connectivity index (χ3v) is 4.60. The summed E-state index contributed by atoms with van der Waals surface area (Å²) < 4.78 is 0. The molecule has 5 heteroatoms. The zero-order valence-corrected chi connectivity index (χ0v) is 12.2. The molecule has 1 amide bonds. The van der Waals surface area contributed by atoms with Crippen LogP contribution in [0.3, 0.4) is 0 Å². The molecule has 0 radical (unpaired) electrons. The first-order valence-corrected chi connectivity index (χ1v) is 7.72. The van der Waals surface area contributed by atoms with Crippen molar-refractivity contribution in [2.45, 2.75) is 32.4 Å². The Morgan fingerprint density at radius 1 is 1.58 bits per heavy atom. The quantitative estimate of drug-likeness (QED) is 0.859. The number of carbonyl (C=O) groups excluding carboxylic acids is 1. The van der Waals surface area contributed by atoms with Gasteiger partial charge < -0.3 is 10.4 Å². The zero-order chi connectivity index (χ0) is 13.7. The van der Waals surface area contributed by atoms with E-state index in [4.69, 9.17) is 0 Å². The Kier molecular flexibility index (Phi) is 5.36. The summed E-state index contributed by atoms with van der Waals surface area (Å²) >= 11 is 1.66. The number of aliphatic hydroxyl groups excluding tert-OH is 1. The van der Waals surface area contributed by atoms with Crippen LogP contribution >= 0.6 is 11.3 Å². The van der Waals surface area contributed by atoms with E-state index in [1.165, 1.54) is 4.88 Å². The van der Waals surface area contributed by atoms with Crippen molar-refractivity contribution >= 4 is 17.2 Å². The van der Waals surface area contributed by atoms with Crippen LogP contribution in [0.25, 0.3) is 0 Å². The normalized spacial score (nSPS) is 19.3. The highest BCUT2D eigenvalue weighted by molar-refractivity contribution is 7.09. The lowest BCUT2D eigenvalue weighted by Crippen LogP contribution is -2.42. The molecule has 1 atom stereocenters. The number of thiophene rings is 1. The lowest BCUT2D eigenvalue weighted by atomic mass is 9.92. The molecule has 0 aliphatic carbocycles. The number of carbonyl (C=O) groups is 1. The van der Waals surface area contributed by atoms with Gasteiger partial charge in [0.15, 0.2) is 0 Å². The Morgan fingerprint density at radius 3 is 2.89 bits per heavy atom. The molecular formula is C14H22N2O2S. The minimum absolute atomic E-state index is 0.0869. The second-order valence-electron chi connectivity index (χ2n) is 5.21. The van der Waals surface area contributed by atoms with Crippen LogP contribution in [0, 0.1) is 5.92 Å². The van der Waals surface area contributed by atoms with Gasteiger partial charge in [-0.3, -0.25) is 9.69 Å². The molecule has 1 saturated heterocycles. The van der Waals surface area contributed by atoms with E-state index in [9.17, 15) is 9.90 Å². The van der Waals surface area contributed by atoms with Crippen molar-refractivity contribution in [3.05, 3.63) is 22.4 Å². The summed E-state index contributed by atoms with van der Waals surface area (Å²) in [6, 6.07) is 4.02. The van der Waals surface area contributed by atoms with Gasteiger partial charge in [-0.15, -0.1) is 11.3 Å². The zero-order valence-electron chi connectivity index (χ0n) is 11.3. The Hall–Kier alpha value is -0.910. The minimum Gasteiger partial charge on any atom is -0.393 e. The molecule has 106 valence electrons. The molecule has 2 rings (SSSR count). The summed E-state index contributed by atoms with van der Waals surface area (Å²) in [7, 11) is 0. The van der Waals surface area contributed by atoms with Crippen LogP contribution in [0.5, 0.6) is 0 Å². The Balaban J connectivity index is 1.66. The first kappa shape index (κ1) is 14.5. The predicted molar refractivity (Wildman–Crippen MR) is 77.0 cm³/mol. The number of nitrogens with one attached hydrogen (secondary N) is 1. The van der Waals surface area contributed by atoms with Crippen LogP contribution in [-0.2, 0) is 11.3 Å². The van der Waals surface area contributed by atoms with Crippen LogP contribution in [0.1, 0.15) is 24.6 Å². The fourth-order valence-electron chi connectivity index (χ4n) is 2.45. The second-order valence-corrected chi connectivity index (χ2v) is 6.24. The van der Waals surface area contributed by atoms with E-state index in [0.29, 0.717) is 19.0 Å². The minimum atomic E-state index is -0.227. The number of aliphatic hydroxyl groups is 1. The number of piperidine rings is 1. The van der Waals surface area contributed by atoms with Gasteiger partial charge in [-0.25, -0.2) is 0 Å².